The van der Waals surface area contributed by atoms with Crippen molar-refractivity contribution < 1.29 is 4.79 Å². The SMILES string of the molecule is CC1CC(=Cc2ccc(Cl)cc2Cl)C(=O)C(=Cc2ccc(Cl)cc2Cl)C1. The first kappa shape index (κ1) is 19.5. The third-order valence-electron chi connectivity index (χ3n) is 4.30. The highest BCUT2D eigenvalue weighted by atomic mass is 35.5. The number of hydrogen-bond donors (Lipinski definition) is 0. The van der Waals surface area contributed by atoms with E-state index in [1.54, 1.807) is 24.3 Å². The molecule has 1 nitrogen and oxygen atoms in total. The van der Waals surface area contributed by atoms with E-state index in [2.05, 4.69) is 6.92 Å². The molecule has 0 N–H and O–H groups in total. The van der Waals surface area contributed by atoms with E-state index in [-0.39, 0.29) is 5.78 Å². The Morgan fingerprint density at radius 1 is 0.808 bits per heavy atom. The lowest BCUT2D eigenvalue weighted by atomic mass is 9.81. The van der Waals surface area contributed by atoms with Crippen LogP contribution < -0.4 is 0 Å². The summed E-state index contributed by atoms with van der Waals surface area (Å²) in [5.41, 5.74) is 3.06. The molecule has 0 amide bonds. The van der Waals surface area contributed by atoms with Crippen LogP contribution in [0.25, 0.3) is 12.2 Å². The van der Waals surface area contributed by atoms with Gasteiger partial charge in [0.1, 0.15) is 0 Å². The first-order valence-corrected chi connectivity index (χ1v) is 9.70. The van der Waals surface area contributed by atoms with Crippen molar-refractivity contribution in [3.05, 3.63) is 78.8 Å². The molecule has 0 saturated heterocycles. The van der Waals surface area contributed by atoms with Gasteiger partial charge in [0.05, 0.1) is 0 Å². The van der Waals surface area contributed by atoms with Crippen molar-refractivity contribution in [2.75, 3.05) is 0 Å². The lowest BCUT2D eigenvalue weighted by molar-refractivity contribution is -0.113. The van der Waals surface area contributed by atoms with Crippen LogP contribution in [0.5, 0.6) is 0 Å². The summed E-state index contributed by atoms with van der Waals surface area (Å²) in [6.45, 7) is 2.13. The molecule has 0 atom stereocenters. The van der Waals surface area contributed by atoms with Crippen LogP contribution in [0.4, 0.5) is 0 Å². The predicted molar refractivity (Wildman–Crippen MR) is 112 cm³/mol. The Labute approximate surface area is 173 Å². The molecule has 134 valence electrons. The summed E-state index contributed by atoms with van der Waals surface area (Å²) in [6, 6.07) is 10.5. The molecule has 0 radical (unpaired) electrons. The highest BCUT2D eigenvalue weighted by molar-refractivity contribution is 6.36. The highest BCUT2D eigenvalue weighted by Gasteiger charge is 2.25. The summed E-state index contributed by atoms with van der Waals surface area (Å²) >= 11 is 24.4. The van der Waals surface area contributed by atoms with E-state index in [0.29, 0.717) is 38.9 Å². The van der Waals surface area contributed by atoms with Crippen LogP contribution in [-0.2, 0) is 4.79 Å². The summed E-state index contributed by atoms with van der Waals surface area (Å²) < 4.78 is 0. The van der Waals surface area contributed by atoms with Crippen molar-refractivity contribution in [2.24, 2.45) is 5.92 Å². The monoisotopic (exact) mass is 424 g/mol. The van der Waals surface area contributed by atoms with Gasteiger partial charge in [-0.3, -0.25) is 4.79 Å². The molecular formula is C21H16Cl4O. The van der Waals surface area contributed by atoms with E-state index in [0.717, 1.165) is 22.3 Å². The Hall–Kier alpha value is -1.25. The Bertz CT molecular complexity index is 854. The van der Waals surface area contributed by atoms with Gasteiger partial charge in [0.2, 0.25) is 0 Å². The second kappa shape index (κ2) is 8.19. The number of ketones is 1. The van der Waals surface area contributed by atoms with Crippen LogP contribution in [0, 0.1) is 5.92 Å². The zero-order valence-electron chi connectivity index (χ0n) is 14.0. The van der Waals surface area contributed by atoms with Crippen molar-refractivity contribution in [1.29, 1.82) is 0 Å². The first-order chi connectivity index (χ1) is 12.3. The van der Waals surface area contributed by atoms with Gasteiger partial charge >= 0.3 is 0 Å². The van der Waals surface area contributed by atoms with Gasteiger partial charge in [0.15, 0.2) is 5.78 Å². The Balaban J connectivity index is 1.97. The average molecular weight is 426 g/mol. The van der Waals surface area contributed by atoms with Gasteiger partial charge in [-0.15, -0.1) is 0 Å². The largest absolute Gasteiger partial charge is 0.289 e. The molecule has 1 saturated carbocycles. The fraction of sp³-hybridized carbons (Fsp3) is 0.190. The van der Waals surface area contributed by atoms with Crippen molar-refractivity contribution in [3.63, 3.8) is 0 Å². The minimum Gasteiger partial charge on any atom is -0.289 e. The standard InChI is InChI=1S/C21H16Cl4O/c1-12-6-15(8-13-2-4-17(22)10-19(13)24)21(26)16(7-12)9-14-3-5-18(23)11-20(14)25/h2-5,8-12H,6-7H2,1H3. The summed E-state index contributed by atoms with van der Waals surface area (Å²) in [4.78, 5) is 13.0. The van der Waals surface area contributed by atoms with Gasteiger partial charge < -0.3 is 0 Å². The molecule has 26 heavy (non-hydrogen) atoms. The first-order valence-electron chi connectivity index (χ1n) is 8.19. The fourth-order valence-electron chi connectivity index (χ4n) is 3.08. The summed E-state index contributed by atoms with van der Waals surface area (Å²) in [6.07, 6.45) is 5.13. The second-order valence-electron chi connectivity index (χ2n) is 6.51. The van der Waals surface area contributed by atoms with Gasteiger partial charge in [-0.05, 0) is 66.3 Å². The van der Waals surface area contributed by atoms with Crippen LogP contribution in [0.3, 0.4) is 0 Å². The zero-order chi connectivity index (χ0) is 18.8. The average Bonchev–Trinajstić information content (AvgIpc) is 2.56. The molecule has 2 aromatic carbocycles. The third-order valence-corrected chi connectivity index (χ3v) is 5.43. The number of carbonyl (C=O) groups is 1. The van der Waals surface area contributed by atoms with E-state index >= 15 is 0 Å². The van der Waals surface area contributed by atoms with Crippen LogP contribution in [0.1, 0.15) is 30.9 Å². The smallest absolute Gasteiger partial charge is 0.185 e. The quantitative estimate of drug-likeness (QED) is 0.449. The molecule has 1 aliphatic rings. The van der Waals surface area contributed by atoms with Crippen LogP contribution >= 0.6 is 46.4 Å². The number of hydrogen-bond acceptors (Lipinski definition) is 1. The lowest BCUT2D eigenvalue weighted by Gasteiger charge is -2.23. The second-order valence-corrected chi connectivity index (χ2v) is 8.20. The van der Waals surface area contributed by atoms with Crippen LogP contribution in [-0.4, -0.2) is 5.78 Å². The van der Waals surface area contributed by atoms with Crippen molar-refractivity contribution >= 4 is 64.3 Å². The zero-order valence-corrected chi connectivity index (χ0v) is 17.1. The maximum absolute atomic E-state index is 13.0. The fourth-order valence-corrected chi connectivity index (χ4v) is 4.00. The van der Waals surface area contributed by atoms with E-state index < -0.39 is 0 Å². The van der Waals surface area contributed by atoms with Gasteiger partial charge in [-0.2, -0.15) is 0 Å². The minimum absolute atomic E-state index is 0.0279. The van der Waals surface area contributed by atoms with Crippen molar-refractivity contribution in [2.45, 2.75) is 19.8 Å². The number of Topliss-reactive ketones (excluding diaryl/α,β-unsaturated/α-hetero) is 1. The van der Waals surface area contributed by atoms with Crippen LogP contribution in [0.15, 0.2) is 47.5 Å². The van der Waals surface area contributed by atoms with E-state index in [1.807, 2.05) is 24.3 Å². The molecule has 0 aliphatic heterocycles. The molecule has 0 spiro atoms. The van der Waals surface area contributed by atoms with Crippen molar-refractivity contribution in [1.82, 2.24) is 0 Å². The minimum atomic E-state index is 0.0279. The van der Waals surface area contributed by atoms with Gasteiger partial charge in [-0.1, -0.05) is 65.5 Å². The van der Waals surface area contributed by atoms with Gasteiger partial charge in [-0.25, -0.2) is 0 Å². The lowest BCUT2D eigenvalue weighted by Crippen LogP contribution is -2.18. The number of rotatable bonds is 2. The molecule has 0 bridgehead atoms. The molecule has 5 heteroatoms. The van der Waals surface area contributed by atoms with Gasteiger partial charge in [0.25, 0.3) is 0 Å². The molecule has 2 aromatic rings. The summed E-state index contributed by atoms with van der Waals surface area (Å²) in [5, 5.41) is 2.20. The summed E-state index contributed by atoms with van der Waals surface area (Å²) in [5.74, 6) is 0.377. The Morgan fingerprint density at radius 3 is 1.62 bits per heavy atom. The number of benzene rings is 2. The molecule has 0 aromatic heterocycles. The molecule has 0 heterocycles. The van der Waals surface area contributed by atoms with E-state index in [1.165, 1.54) is 0 Å². The Morgan fingerprint density at radius 2 is 1.23 bits per heavy atom. The topological polar surface area (TPSA) is 17.1 Å². The Kier molecular flexibility index (Phi) is 6.14. The number of halogens is 4. The molecule has 0 unspecified atom stereocenters. The molecular weight excluding hydrogens is 410 g/mol. The predicted octanol–water partition coefficient (Wildman–Crippen LogP) is 7.77. The highest BCUT2D eigenvalue weighted by Crippen LogP contribution is 2.34. The van der Waals surface area contributed by atoms with E-state index in [4.69, 9.17) is 46.4 Å². The molecule has 1 fully saturated rings. The molecule has 3 rings (SSSR count). The number of carbonyl (C=O) groups excluding carboxylic acids is 1. The maximum Gasteiger partial charge on any atom is 0.185 e. The number of allylic oxidation sites excluding steroid dienone is 2. The maximum atomic E-state index is 13.0. The third kappa shape index (κ3) is 4.53. The molecule has 1 aliphatic carbocycles. The van der Waals surface area contributed by atoms with Crippen LogP contribution in [0.2, 0.25) is 20.1 Å². The van der Waals surface area contributed by atoms with Crippen molar-refractivity contribution in [3.8, 4) is 0 Å². The normalized spacial score (nSPS) is 20.8. The van der Waals surface area contributed by atoms with E-state index in [9.17, 15) is 4.79 Å². The summed E-state index contributed by atoms with van der Waals surface area (Å²) in [7, 11) is 0. The van der Waals surface area contributed by atoms with Gasteiger partial charge in [0, 0.05) is 31.2 Å².